The average molecular weight is 427 g/mol. The van der Waals surface area contributed by atoms with Gasteiger partial charge in [-0.25, -0.2) is 8.42 Å². The van der Waals surface area contributed by atoms with Gasteiger partial charge in [-0.05, 0) is 67.6 Å². The third-order valence-corrected chi connectivity index (χ3v) is 7.40. The topological polar surface area (TPSA) is 67.9 Å². The van der Waals surface area contributed by atoms with E-state index in [1.165, 1.54) is 4.31 Å². The predicted octanol–water partition coefficient (Wildman–Crippen LogP) is 4.43. The lowest BCUT2D eigenvalue weighted by Crippen LogP contribution is -2.37. The summed E-state index contributed by atoms with van der Waals surface area (Å²) in [6, 6.07) is 14.4. The molecule has 1 aliphatic rings. The second-order valence-corrected chi connectivity index (χ2v) is 9.41. The number of hydrogen-bond donors (Lipinski definition) is 1. The van der Waals surface area contributed by atoms with Crippen molar-refractivity contribution in [2.24, 2.45) is 0 Å². The van der Waals surface area contributed by atoms with Crippen LogP contribution in [0.4, 0.5) is 11.4 Å². The third-order valence-electron chi connectivity index (χ3n) is 5.41. The number of benzene rings is 3. The zero-order valence-electron chi connectivity index (χ0n) is 17.6. The van der Waals surface area contributed by atoms with Gasteiger partial charge < -0.3 is 14.8 Å². The Hall–Kier alpha value is -2.93. The molecule has 7 heteroatoms. The lowest BCUT2D eigenvalue weighted by Gasteiger charge is -2.30. The Balaban J connectivity index is 1.90. The highest BCUT2D eigenvalue weighted by molar-refractivity contribution is 7.92. The molecule has 1 aliphatic heterocycles. The van der Waals surface area contributed by atoms with Gasteiger partial charge >= 0.3 is 0 Å². The van der Waals surface area contributed by atoms with Gasteiger partial charge in [0.15, 0.2) is 11.5 Å². The van der Waals surface area contributed by atoms with E-state index in [2.05, 4.69) is 5.32 Å². The number of rotatable bonds is 6. The molecule has 3 aromatic rings. The first kappa shape index (κ1) is 20.3. The Bertz CT molecular complexity index is 1210. The summed E-state index contributed by atoms with van der Waals surface area (Å²) < 4.78 is 39.9. The van der Waals surface area contributed by atoms with Crippen LogP contribution in [0.15, 0.2) is 53.4 Å². The molecule has 4 rings (SSSR count). The van der Waals surface area contributed by atoms with E-state index >= 15 is 0 Å². The van der Waals surface area contributed by atoms with E-state index in [1.54, 1.807) is 26.4 Å². The molecule has 30 heavy (non-hydrogen) atoms. The van der Waals surface area contributed by atoms with Gasteiger partial charge in [0, 0.05) is 23.7 Å². The Labute approximate surface area is 177 Å². The fraction of sp³-hybridized carbons (Fsp3) is 0.304. The van der Waals surface area contributed by atoms with Crippen LogP contribution in [0.25, 0.3) is 10.8 Å². The summed E-state index contributed by atoms with van der Waals surface area (Å²) in [6.45, 7) is 4.59. The van der Waals surface area contributed by atoms with Crippen molar-refractivity contribution in [3.05, 3.63) is 54.1 Å². The lowest BCUT2D eigenvalue weighted by atomic mass is 10.1. The summed E-state index contributed by atoms with van der Waals surface area (Å²) in [4.78, 5) is 0.302. The summed E-state index contributed by atoms with van der Waals surface area (Å²) in [5, 5.41) is 4.94. The van der Waals surface area contributed by atoms with Gasteiger partial charge in [-0.15, -0.1) is 0 Å². The first-order chi connectivity index (χ1) is 14.4. The fourth-order valence-corrected chi connectivity index (χ4v) is 5.75. The molecule has 0 unspecified atom stereocenters. The Morgan fingerprint density at radius 3 is 2.43 bits per heavy atom. The molecule has 0 spiro atoms. The highest BCUT2D eigenvalue weighted by Crippen LogP contribution is 2.39. The van der Waals surface area contributed by atoms with Gasteiger partial charge in [0.2, 0.25) is 0 Å². The molecule has 3 aromatic carbocycles. The monoisotopic (exact) mass is 426 g/mol. The number of fused-ring (bicyclic) bond motifs is 2. The fourth-order valence-electron chi connectivity index (χ4n) is 4.02. The first-order valence-corrected chi connectivity index (χ1v) is 11.4. The summed E-state index contributed by atoms with van der Waals surface area (Å²) in [6.07, 6.45) is 0.825. The van der Waals surface area contributed by atoms with Gasteiger partial charge in [-0.1, -0.05) is 12.1 Å². The zero-order valence-corrected chi connectivity index (χ0v) is 18.4. The Kier molecular flexibility index (Phi) is 5.24. The largest absolute Gasteiger partial charge is 0.493 e. The summed E-state index contributed by atoms with van der Waals surface area (Å²) in [5.74, 6) is 1.16. The summed E-state index contributed by atoms with van der Waals surface area (Å²) >= 11 is 0. The van der Waals surface area contributed by atoms with E-state index < -0.39 is 10.0 Å². The van der Waals surface area contributed by atoms with Crippen LogP contribution in [0, 0.1) is 0 Å². The minimum atomic E-state index is -3.77. The number of hydrogen-bond acceptors (Lipinski definition) is 5. The maximum Gasteiger partial charge on any atom is 0.264 e. The van der Waals surface area contributed by atoms with E-state index in [1.807, 2.05) is 50.2 Å². The van der Waals surface area contributed by atoms with Crippen molar-refractivity contribution in [1.29, 1.82) is 0 Å². The molecule has 158 valence electrons. The normalized spacial score (nSPS) is 13.2. The van der Waals surface area contributed by atoms with E-state index in [9.17, 15) is 8.42 Å². The van der Waals surface area contributed by atoms with Gasteiger partial charge in [0.1, 0.15) is 0 Å². The smallest absolute Gasteiger partial charge is 0.264 e. The number of anilines is 2. The average Bonchev–Trinajstić information content (AvgIpc) is 3.20. The molecule has 0 aliphatic carbocycles. The molecule has 0 fully saturated rings. The number of sulfonamides is 1. The Morgan fingerprint density at radius 1 is 1.00 bits per heavy atom. The van der Waals surface area contributed by atoms with Crippen LogP contribution in [0.5, 0.6) is 11.5 Å². The van der Waals surface area contributed by atoms with E-state index in [-0.39, 0.29) is 6.04 Å². The van der Waals surface area contributed by atoms with E-state index in [0.717, 1.165) is 35.0 Å². The molecule has 0 amide bonds. The van der Waals surface area contributed by atoms with Crippen molar-refractivity contribution in [1.82, 2.24) is 0 Å². The SMILES string of the molecule is COc1cc2cccc(N(C(C)C)S(=O)(=O)c3ccc4c(c3)CCN4)c2cc1OC. The maximum absolute atomic E-state index is 13.7. The second-order valence-electron chi connectivity index (χ2n) is 7.60. The zero-order chi connectivity index (χ0) is 21.5. The van der Waals surface area contributed by atoms with Crippen molar-refractivity contribution in [2.45, 2.75) is 31.2 Å². The number of nitrogens with zero attached hydrogens (tertiary/aromatic N) is 1. The Morgan fingerprint density at radius 2 is 1.73 bits per heavy atom. The van der Waals surface area contributed by atoms with E-state index in [4.69, 9.17) is 9.47 Å². The molecule has 1 heterocycles. The van der Waals surface area contributed by atoms with Crippen LogP contribution in [-0.2, 0) is 16.4 Å². The predicted molar refractivity (Wildman–Crippen MR) is 120 cm³/mol. The van der Waals surface area contributed by atoms with E-state index in [0.29, 0.717) is 22.1 Å². The van der Waals surface area contributed by atoms with Crippen molar-refractivity contribution in [2.75, 3.05) is 30.4 Å². The number of nitrogens with one attached hydrogen (secondary N) is 1. The van der Waals surface area contributed by atoms with Gasteiger partial charge in [-0.2, -0.15) is 0 Å². The van der Waals surface area contributed by atoms with Crippen LogP contribution < -0.4 is 19.1 Å². The quantitative estimate of drug-likeness (QED) is 0.632. The van der Waals surface area contributed by atoms with Crippen LogP contribution in [0.3, 0.4) is 0 Å². The molecule has 0 radical (unpaired) electrons. The molecule has 0 atom stereocenters. The molecule has 6 nitrogen and oxygen atoms in total. The van der Waals surface area contributed by atoms with Crippen molar-refractivity contribution in [3.63, 3.8) is 0 Å². The molecule has 0 aromatic heterocycles. The lowest BCUT2D eigenvalue weighted by molar-refractivity contribution is 0.356. The second kappa shape index (κ2) is 7.72. The van der Waals surface area contributed by atoms with Crippen molar-refractivity contribution < 1.29 is 17.9 Å². The van der Waals surface area contributed by atoms with Crippen LogP contribution in [-0.4, -0.2) is 35.2 Å². The molecule has 0 bridgehead atoms. The van der Waals surface area contributed by atoms with Crippen molar-refractivity contribution >= 4 is 32.2 Å². The minimum Gasteiger partial charge on any atom is -0.493 e. The number of ether oxygens (including phenoxy) is 2. The molecule has 1 N–H and O–H groups in total. The van der Waals surface area contributed by atoms with Crippen LogP contribution in [0.1, 0.15) is 19.4 Å². The van der Waals surface area contributed by atoms with Crippen molar-refractivity contribution in [3.8, 4) is 11.5 Å². The van der Waals surface area contributed by atoms with Gasteiger partial charge in [-0.3, -0.25) is 4.31 Å². The molecule has 0 saturated carbocycles. The first-order valence-electron chi connectivity index (χ1n) is 9.93. The minimum absolute atomic E-state index is 0.278. The van der Waals surface area contributed by atoms with Gasteiger partial charge in [0.05, 0.1) is 24.8 Å². The number of methoxy groups -OCH3 is 2. The highest BCUT2D eigenvalue weighted by Gasteiger charge is 2.30. The molecule has 0 saturated heterocycles. The maximum atomic E-state index is 13.7. The van der Waals surface area contributed by atoms with Gasteiger partial charge in [0.25, 0.3) is 10.0 Å². The highest BCUT2D eigenvalue weighted by atomic mass is 32.2. The summed E-state index contributed by atoms with van der Waals surface area (Å²) in [7, 11) is -0.612. The third kappa shape index (κ3) is 3.33. The molecular formula is C23H26N2O4S. The van der Waals surface area contributed by atoms with Crippen LogP contribution >= 0.6 is 0 Å². The molecular weight excluding hydrogens is 400 g/mol. The van der Waals surface area contributed by atoms with Crippen LogP contribution in [0.2, 0.25) is 0 Å². The standard InChI is InChI=1S/C23H26N2O4S/c1-15(2)25(30(26,27)18-8-9-20-17(12-18)10-11-24-20)21-7-5-6-16-13-22(28-3)23(29-4)14-19(16)21/h5-9,12-15,24H,10-11H2,1-4H3. The summed E-state index contributed by atoms with van der Waals surface area (Å²) in [5.41, 5.74) is 2.65.